The van der Waals surface area contributed by atoms with Gasteiger partial charge in [-0.2, -0.15) is 18.4 Å². The van der Waals surface area contributed by atoms with Crippen molar-refractivity contribution >= 4 is 29.1 Å². The average Bonchev–Trinajstić information content (AvgIpc) is 2.56. The Balaban J connectivity index is 2.22. The monoisotopic (exact) mass is 403 g/mol. The number of halogens is 5. The zero-order chi connectivity index (χ0) is 19.5. The van der Waals surface area contributed by atoms with E-state index >= 15 is 0 Å². The summed E-state index contributed by atoms with van der Waals surface area (Å²) < 4.78 is 38.9. The Bertz CT molecular complexity index is 936. The minimum atomic E-state index is -4.83. The molecule has 0 aliphatic heterocycles. The lowest BCUT2D eigenvalue weighted by molar-refractivity contribution is -0.139. The Labute approximate surface area is 155 Å². The quantitative estimate of drug-likeness (QED) is 0.847. The van der Waals surface area contributed by atoms with Gasteiger partial charge in [-0.15, -0.1) is 0 Å². The van der Waals surface area contributed by atoms with Crippen LogP contribution in [0.3, 0.4) is 0 Å². The molecule has 0 saturated carbocycles. The molecular weight excluding hydrogens is 394 g/mol. The molecule has 1 aromatic carbocycles. The predicted molar refractivity (Wildman–Crippen MR) is 88.7 cm³/mol. The maximum absolute atomic E-state index is 12.8. The van der Waals surface area contributed by atoms with Crippen LogP contribution in [0.15, 0.2) is 41.3 Å². The van der Waals surface area contributed by atoms with E-state index in [9.17, 15) is 28.0 Å². The second kappa shape index (κ2) is 7.81. The number of hydrogen-bond acceptors (Lipinski definition) is 3. The smallest absolute Gasteiger partial charge is 0.335 e. The number of rotatable bonds is 4. The van der Waals surface area contributed by atoms with Crippen molar-refractivity contribution in [2.75, 3.05) is 0 Å². The van der Waals surface area contributed by atoms with Crippen LogP contribution in [0.2, 0.25) is 10.0 Å². The van der Waals surface area contributed by atoms with Crippen LogP contribution in [0, 0.1) is 11.3 Å². The van der Waals surface area contributed by atoms with Crippen LogP contribution >= 0.6 is 23.2 Å². The minimum absolute atomic E-state index is 0.0669. The summed E-state index contributed by atoms with van der Waals surface area (Å²) in [6.45, 7) is -0.695. The van der Waals surface area contributed by atoms with Gasteiger partial charge >= 0.3 is 6.18 Å². The van der Waals surface area contributed by atoms with Crippen LogP contribution in [-0.4, -0.2) is 10.5 Å². The number of aromatic nitrogens is 1. The fourth-order valence-corrected chi connectivity index (χ4v) is 2.58. The maximum Gasteiger partial charge on any atom is 0.421 e. The number of alkyl halides is 3. The van der Waals surface area contributed by atoms with Gasteiger partial charge in [0.05, 0.1) is 16.1 Å². The van der Waals surface area contributed by atoms with Crippen LogP contribution in [-0.2, 0) is 17.5 Å². The molecule has 0 aliphatic rings. The van der Waals surface area contributed by atoms with Gasteiger partial charge in [-0.05, 0) is 18.2 Å². The summed E-state index contributed by atoms with van der Waals surface area (Å²) in [5.74, 6) is -0.839. The summed E-state index contributed by atoms with van der Waals surface area (Å²) in [4.78, 5) is 23.9. The van der Waals surface area contributed by atoms with E-state index in [1.54, 1.807) is 0 Å². The standard InChI is InChI=1S/C16H10Cl2F3N3O2/c17-11-5-1-3-9(14(11)18)12(7-22)23-13(25)8-24-6-2-4-10(15(24)26)16(19,20)21/h1-6,12H,8H2,(H,23,25). The second-order valence-electron chi connectivity index (χ2n) is 5.13. The van der Waals surface area contributed by atoms with Crippen molar-refractivity contribution in [2.24, 2.45) is 0 Å². The van der Waals surface area contributed by atoms with Crippen LogP contribution in [0.1, 0.15) is 17.2 Å². The number of amides is 1. The van der Waals surface area contributed by atoms with E-state index in [4.69, 9.17) is 23.2 Å². The van der Waals surface area contributed by atoms with E-state index in [-0.39, 0.29) is 15.6 Å². The molecule has 1 unspecified atom stereocenters. The van der Waals surface area contributed by atoms with E-state index in [0.717, 1.165) is 12.3 Å². The molecule has 1 aromatic heterocycles. The van der Waals surface area contributed by atoms with Gasteiger partial charge in [-0.3, -0.25) is 9.59 Å². The van der Waals surface area contributed by atoms with Gasteiger partial charge in [0.15, 0.2) is 0 Å². The summed E-state index contributed by atoms with van der Waals surface area (Å²) in [6, 6.07) is 6.75. The van der Waals surface area contributed by atoms with E-state index < -0.39 is 35.8 Å². The Kier molecular flexibility index (Phi) is 5.95. The average molecular weight is 404 g/mol. The molecule has 0 radical (unpaired) electrons. The van der Waals surface area contributed by atoms with Crippen molar-refractivity contribution in [3.05, 3.63) is 68.1 Å². The van der Waals surface area contributed by atoms with Gasteiger partial charge in [0.25, 0.3) is 5.56 Å². The van der Waals surface area contributed by atoms with Crippen LogP contribution < -0.4 is 10.9 Å². The Morgan fingerprint density at radius 1 is 1.27 bits per heavy atom. The highest BCUT2D eigenvalue weighted by Crippen LogP contribution is 2.29. The number of hydrogen-bond donors (Lipinski definition) is 1. The van der Waals surface area contributed by atoms with Crippen molar-refractivity contribution in [2.45, 2.75) is 18.8 Å². The first-order valence-corrected chi connectivity index (χ1v) is 7.80. The number of nitriles is 1. The van der Waals surface area contributed by atoms with Crippen molar-refractivity contribution in [1.82, 2.24) is 9.88 Å². The lowest BCUT2D eigenvalue weighted by Crippen LogP contribution is -2.36. The lowest BCUT2D eigenvalue weighted by atomic mass is 10.1. The first kappa shape index (κ1) is 19.8. The van der Waals surface area contributed by atoms with Gasteiger partial charge in [0.2, 0.25) is 5.91 Å². The van der Waals surface area contributed by atoms with E-state index in [1.807, 2.05) is 6.07 Å². The highest BCUT2D eigenvalue weighted by Gasteiger charge is 2.34. The molecule has 0 bridgehead atoms. The first-order chi connectivity index (χ1) is 12.1. The van der Waals surface area contributed by atoms with Gasteiger partial charge in [0.1, 0.15) is 18.2 Å². The van der Waals surface area contributed by atoms with E-state index in [1.165, 1.54) is 18.2 Å². The fourth-order valence-electron chi connectivity index (χ4n) is 2.16. The molecule has 2 aromatic rings. The van der Waals surface area contributed by atoms with Crippen molar-refractivity contribution in [3.8, 4) is 6.07 Å². The second-order valence-corrected chi connectivity index (χ2v) is 5.91. The summed E-state index contributed by atoms with van der Waals surface area (Å²) in [6.07, 6.45) is -3.79. The zero-order valence-electron chi connectivity index (χ0n) is 12.8. The van der Waals surface area contributed by atoms with Gasteiger partial charge in [-0.1, -0.05) is 35.3 Å². The Morgan fingerprint density at radius 2 is 1.96 bits per heavy atom. The highest BCUT2D eigenvalue weighted by atomic mass is 35.5. The molecular formula is C16H10Cl2F3N3O2. The SMILES string of the molecule is N#CC(NC(=O)Cn1cccc(C(F)(F)F)c1=O)c1cccc(Cl)c1Cl. The molecule has 26 heavy (non-hydrogen) atoms. The van der Waals surface area contributed by atoms with E-state index in [2.05, 4.69) is 5.32 Å². The van der Waals surface area contributed by atoms with Crippen LogP contribution in [0.4, 0.5) is 13.2 Å². The van der Waals surface area contributed by atoms with Gasteiger partial charge in [0, 0.05) is 11.8 Å². The summed E-state index contributed by atoms with van der Waals surface area (Å²) in [7, 11) is 0. The van der Waals surface area contributed by atoms with Crippen molar-refractivity contribution < 1.29 is 18.0 Å². The number of nitrogens with zero attached hydrogens (tertiary/aromatic N) is 2. The number of benzene rings is 1. The van der Waals surface area contributed by atoms with E-state index in [0.29, 0.717) is 10.6 Å². The molecule has 0 aliphatic carbocycles. The molecule has 136 valence electrons. The van der Waals surface area contributed by atoms with Gasteiger partial charge in [-0.25, -0.2) is 0 Å². The molecule has 1 atom stereocenters. The normalized spacial score (nSPS) is 12.3. The number of carbonyl (C=O) groups is 1. The maximum atomic E-state index is 12.8. The molecule has 0 saturated heterocycles. The molecule has 0 spiro atoms. The van der Waals surface area contributed by atoms with Crippen LogP contribution in [0.25, 0.3) is 0 Å². The molecule has 1 amide bonds. The highest BCUT2D eigenvalue weighted by molar-refractivity contribution is 6.42. The molecule has 1 heterocycles. The van der Waals surface area contributed by atoms with Crippen molar-refractivity contribution in [3.63, 3.8) is 0 Å². The third-order valence-electron chi connectivity index (χ3n) is 3.37. The third kappa shape index (κ3) is 4.36. The predicted octanol–water partition coefficient (Wildman–Crippen LogP) is 3.55. The Hall–Kier alpha value is -2.50. The first-order valence-electron chi connectivity index (χ1n) is 7.04. The minimum Gasteiger partial charge on any atom is -0.335 e. The largest absolute Gasteiger partial charge is 0.421 e. The number of carbonyl (C=O) groups excluding carboxylic acids is 1. The van der Waals surface area contributed by atoms with Crippen LogP contribution in [0.5, 0.6) is 0 Å². The summed E-state index contributed by atoms with van der Waals surface area (Å²) in [5, 5.41) is 11.8. The molecule has 0 fully saturated rings. The molecule has 10 heteroatoms. The Morgan fingerprint density at radius 3 is 2.58 bits per heavy atom. The summed E-state index contributed by atoms with van der Waals surface area (Å²) in [5.41, 5.74) is -2.52. The zero-order valence-corrected chi connectivity index (χ0v) is 14.4. The molecule has 5 nitrogen and oxygen atoms in total. The fraction of sp³-hybridized carbons (Fsp3) is 0.188. The number of nitrogens with one attached hydrogen (secondary N) is 1. The summed E-state index contributed by atoms with van der Waals surface area (Å²) >= 11 is 11.8. The molecule has 1 N–H and O–H groups in total. The van der Waals surface area contributed by atoms with Crippen molar-refractivity contribution in [1.29, 1.82) is 5.26 Å². The topological polar surface area (TPSA) is 74.9 Å². The van der Waals surface area contributed by atoms with Gasteiger partial charge < -0.3 is 9.88 Å². The number of pyridine rings is 1. The molecule has 2 rings (SSSR count). The lowest BCUT2D eigenvalue weighted by Gasteiger charge is -2.15. The third-order valence-corrected chi connectivity index (χ3v) is 4.20.